The van der Waals surface area contributed by atoms with Crippen molar-refractivity contribution in [2.24, 2.45) is 0 Å². The zero-order valence-electron chi connectivity index (χ0n) is 11.1. The third-order valence-corrected chi connectivity index (χ3v) is 4.54. The van der Waals surface area contributed by atoms with Crippen LogP contribution in [0.4, 0.5) is 5.69 Å². The van der Waals surface area contributed by atoms with Crippen LogP contribution in [-0.2, 0) is 4.74 Å². The maximum absolute atomic E-state index is 11.7. The summed E-state index contributed by atoms with van der Waals surface area (Å²) in [5, 5.41) is 0. The van der Waals surface area contributed by atoms with Crippen molar-refractivity contribution in [1.29, 1.82) is 0 Å². The van der Waals surface area contributed by atoms with Gasteiger partial charge < -0.3 is 19.9 Å². The Morgan fingerprint density at radius 2 is 2.10 bits per heavy atom. The highest BCUT2D eigenvalue weighted by Gasteiger charge is 2.21. The minimum absolute atomic E-state index is 0.234. The molecule has 0 unspecified atom stereocenters. The molecule has 1 aliphatic heterocycles. The van der Waals surface area contributed by atoms with Gasteiger partial charge in [-0.05, 0) is 36.2 Å². The predicted octanol–water partition coefficient (Wildman–Crippen LogP) is 2.82. The van der Waals surface area contributed by atoms with Gasteiger partial charge in [0, 0.05) is 4.88 Å². The smallest absolute Gasteiger partial charge is 0.350 e. The second kappa shape index (κ2) is 4.72. The minimum Gasteiger partial charge on any atom is -0.465 e. The lowest BCUT2D eigenvalue weighted by atomic mass is 10.1. The van der Waals surface area contributed by atoms with Gasteiger partial charge in [-0.2, -0.15) is 0 Å². The van der Waals surface area contributed by atoms with Crippen molar-refractivity contribution >= 4 is 23.0 Å². The lowest BCUT2D eigenvalue weighted by Crippen LogP contribution is -2.01. The number of nitrogen functional groups attached to an aromatic ring is 1. The Kier molecular flexibility index (Phi) is 3.02. The van der Waals surface area contributed by atoms with E-state index in [1.807, 2.05) is 25.1 Å². The fraction of sp³-hybridized carbons (Fsp3) is 0.214. The number of thiophene rings is 1. The van der Waals surface area contributed by atoms with Crippen LogP contribution in [0.5, 0.6) is 11.5 Å². The number of carbonyl (C=O) groups excluding carboxylic acids is 1. The van der Waals surface area contributed by atoms with E-state index in [1.54, 1.807) is 0 Å². The molecule has 2 N–H and O–H groups in total. The molecule has 0 saturated heterocycles. The molecule has 2 aromatic rings. The molecule has 0 fully saturated rings. The van der Waals surface area contributed by atoms with E-state index >= 15 is 0 Å². The normalized spacial score (nSPS) is 12.5. The van der Waals surface area contributed by atoms with Gasteiger partial charge in [0.05, 0.1) is 12.8 Å². The number of anilines is 1. The van der Waals surface area contributed by atoms with E-state index in [2.05, 4.69) is 0 Å². The summed E-state index contributed by atoms with van der Waals surface area (Å²) < 4.78 is 15.4. The zero-order valence-corrected chi connectivity index (χ0v) is 11.9. The Bertz CT molecular complexity index is 693. The van der Waals surface area contributed by atoms with E-state index in [9.17, 15) is 4.79 Å². The predicted molar refractivity (Wildman–Crippen MR) is 76.4 cm³/mol. The van der Waals surface area contributed by atoms with Crippen LogP contribution in [-0.4, -0.2) is 19.9 Å². The molecule has 1 aliphatic rings. The van der Waals surface area contributed by atoms with E-state index in [0.717, 1.165) is 21.8 Å². The Morgan fingerprint density at radius 1 is 1.35 bits per heavy atom. The summed E-state index contributed by atoms with van der Waals surface area (Å²) in [5.41, 5.74) is 8.26. The number of hydrogen-bond donors (Lipinski definition) is 1. The Labute approximate surface area is 119 Å². The number of carbonyl (C=O) groups is 1. The van der Waals surface area contributed by atoms with Gasteiger partial charge in [0.1, 0.15) is 4.88 Å². The van der Waals surface area contributed by atoms with Gasteiger partial charge in [0.2, 0.25) is 6.79 Å². The molecule has 0 amide bonds. The average Bonchev–Trinajstić information content (AvgIpc) is 3.03. The molecule has 20 heavy (non-hydrogen) atoms. The topological polar surface area (TPSA) is 70.8 Å². The largest absolute Gasteiger partial charge is 0.465 e. The molecule has 6 heteroatoms. The number of ether oxygens (including phenoxy) is 3. The van der Waals surface area contributed by atoms with Gasteiger partial charge in [-0.1, -0.05) is 0 Å². The van der Waals surface area contributed by atoms with Gasteiger partial charge >= 0.3 is 5.97 Å². The third-order valence-electron chi connectivity index (χ3n) is 3.20. The number of rotatable bonds is 2. The van der Waals surface area contributed by atoms with Gasteiger partial charge in [-0.3, -0.25) is 0 Å². The SMILES string of the molecule is COC(=O)c1sc(-c2ccc3c(c2)OCO3)c(C)c1N. The molecule has 0 saturated carbocycles. The average molecular weight is 291 g/mol. The van der Waals surface area contributed by atoms with Gasteiger partial charge in [-0.25, -0.2) is 4.79 Å². The summed E-state index contributed by atoms with van der Waals surface area (Å²) in [4.78, 5) is 13.0. The highest BCUT2D eigenvalue weighted by Crippen LogP contribution is 2.42. The quantitative estimate of drug-likeness (QED) is 0.861. The molecular weight excluding hydrogens is 278 g/mol. The number of esters is 1. The molecule has 0 spiro atoms. The van der Waals surface area contributed by atoms with Crippen LogP contribution in [0.2, 0.25) is 0 Å². The van der Waals surface area contributed by atoms with Gasteiger partial charge in [0.15, 0.2) is 11.5 Å². The second-order valence-electron chi connectivity index (χ2n) is 4.36. The molecule has 5 nitrogen and oxygen atoms in total. The third kappa shape index (κ3) is 1.89. The summed E-state index contributed by atoms with van der Waals surface area (Å²) in [6.07, 6.45) is 0. The van der Waals surface area contributed by atoms with Crippen LogP contribution >= 0.6 is 11.3 Å². The van der Waals surface area contributed by atoms with Crippen LogP contribution in [0.25, 0.3) is 10.4 Å². The first-order valence-corrected chi connectivity index (χ1v) is 6.80. The lowest BCUT2D eigenvalue weighted by molar-refractivity contribution is 0.0607. The maximum atomic E-state index is 11.7. The van der Waals surface area contributed by atoms with E-state index < -0.39 is 5.97 Å². The summed E-state index contributed by atoms with van der Waals surface area (Å²) in [5.74, 6) is 1.01. The van der Waals surface area contributed by atoms with Crippen molar-refractivity contribution in [2.45, 2.75) is 6.92 Å². The number of fused-ring (bicyclic) bond motifs is 1. The van der Waals surface area contributed by atoms with Gasteiger partial charge in [0.25, 0.3) is 0 Å². The number of hydrogen-bond acceptors (Lipinski definition) is 6. The molecule has 0 bridgehead atoms. The second-order valence-corrected chi connectivity index (χ2v) is 5.38. The van der Waals surface area contributed by atoms with Crippen LogP contribution < -0.4 is 15.2 Å². The number of benzene rings is 1. The highest BCUT2D eigenvalue weighted by atomic mass is 32.1. The fourth-order valence-corrected chi connectivity index (χ4v) is 3.23. The molecule has 3 rings (SSSR count). The summed E-state index contributed by atoms with van der Waals surface area (Å²) in [7, 11) is 1.34. The summed E-state index contributed by atoms with van der Waals surface area (Å²) in [6.45, 7) is 2.12. The van der Waals surface area contributed by atoms with E-state index in [4.69, 9.17) is 19.9 Å². The molecule has 2 heterocycles. The first-order valence-electron chi connectivity index (χ1n) is 5.99. The zero-order chi connectivity index (χ0) is 14.3. The van der Waals surface area contributed by atoms with Crippen LogP contribution in [0.3, 0.4) is 0 Å². The van der Waals surface area contributed by atoms with Crippen LogP contribution in [0, 0.1) is 6.92 Å². The van der Waals surface area contributed by atoms with E-state index in [-0.39, 0.29) is 6.79 Å². The van der Waals surface area contributed by atoms with Crippen LogP contribution in [0.1, 0.15) is 15.2 Å². The van der Waals surface area contributed by atoms with Crippen LogP contribution in [0.15, 0.2) is 18.2 Å². The fourth-order valence-electron chi connectivity index (χ4n) is 2.08. The number of nitrogens with two attached hydrogens (primary N) is 1. The van der Waals surface area contributed by atoms with Crippen molar-refractivity contribution in [3.63, 3.8) is 0 Å². The molecular formula is C14H13NO4S. The molecule has 104 valence electrons. The Balaban J connectivity index is 2.08. The first kappa shape index (κ1) is 12.8. The van der Waals surface area contributed by atoms with E-state index in [1.165, 1.54) is 18.4 Å². The molecule has 1 aromatic heterocycles. The summed E-state index contributed by atoms with van der Waals surface area (Å²) >= 11 is 1.32. The molecule has 0 atom stereocenters. The number of methoxy groups -OCH3 is 1. The van der Waals surface area contributed by atoms with E-state index in [0.29, 0.717) is 16.3 Å². The van der Waals surface area contributed by atoms with Crippen molar-refractivity contribution < 1.29 is 19.0 Å². The van der Waals surface area contributed by atoms with Crippen molar-refractivity contribution in [3.8, 4) is 21.9 Å². The maximum Gasteiger partial charge on any atom is 0.350 e. The lowest BCUT2D eigenvalue weighted by Gasteiger charge is -2.02. The highest BCUT2D eigenvalue weighted by molar-refractivity contribution is 7.18. The minimum atomic E-state index is -0.414. The Morgan fingerprint density at radius 3 is 2.85 bits per heavy atom. The first-order chi connectivity index (χ1) is 9.61. The molecule has 1 aromatic carbocycles. The molecule has 0 aliphatic carbocycles. The van der Waals surface area contributed by atoms with Crippen molar-refractivity contribution in [1.82, 2.24) is 0 Å². The standard InChI is InChI=1S/C14H13NO4S/c1-7-11(15)13(14(16)17-2)20-12(7)8-3-4-9-10(5-8)19-6-18-9/h3-5H,6,15H2,1-2H3. The van der Waals surface area contributed by atoms with Crippen molar-refractivity contribution in [2.75, 3.05) is 19.6 Å². The Hall–Kier alpha value is -2.21. The van der Waals surface area contributed by atoms with Crippen molar-refractivity contribution in [3.05, 3.63) is 28.6 Å². The monoisotopic (exact) mass is 291 g/mol. The molecule has 0 radical (unpaired) electrons. The van der Waals surface area contributed by atoms with Gasteiger partial charge in [-0.15, -0.1) is 11.3 Å². The summed E-state index contributed by atoms with van der Waals surface area (Å²) in [6, 6.07) is 5.67.